The Morgan fingerprint density at radius 2 is 1.80 bits per heavy atom. The summed E-state index contributed by atoms with van der Waals surface area (Å²) in [6.07, 6.45) is -2.19. The maximum Gasteiger partial charge on any atom is 0.417 e. The molecule has 1 aromatic carbocycles. The summed E-state index contributed by atoms with van der Waals surface area (Å²) in [5.41, 5.74) is 1.30. The predicted octanol–water partition coefficient (Wildman–Crippen LogP) is 1.87. The van der Waals surface area contributed by atoms with Crippen molar-refractivity contribution in [2.75, 3.05) is 0 Å². The van der Waals surface area contributed by atoms with Gasteiger partial charge < -0.3 is 5.32 Å². The van der Waals surface area contributed by atoms with Crippen molar-refractivity contribution in [1.82, 2.24) is 15.7 Å². The molecule has 0 saturated carbocycles. The van der Waals surface area contributed by atoms with E-state index in [-0.39, 0.29) is 12.1 Å². The molecule has 0 saturated heterocycles. The molecule has 2 N–H and O–H groups in total. The first-order valence-corrected chi connectivity index (χ1v) is 7.05. The zero-order chi connectivity index (χ0) is 18.3. The third kappa shape index (κ3) is 5.41. The van der Waals surface area contributed by atoms with Crippen LogP contribution in [0.15, 0.2) is 53.8 Å². The van der Waals surface area contributed by atoms with Crippen LogP contribution in [-0.4, -0.2) is 23.0 Å². The molecule has 2 aromatic rings. The van der Waals surface area contributed by atoms with Gasteiger partial charge in [0, 0.05) is 11.8 Å². The second kappa shape index (κ2) is 8.04. The molecule has 0 bridgehead atoms. The van der Waals surface area contributed by atoms with Crippen LogP contribution in [0.1, 0.15) is 16.8 Å². The number of nitrogens with zero attached hydrogens (tertiary/aromatic N) is 2. The number of aromatic nitrogens is 1. The van der Waals surface area contributed by atoms with Crippen LogP contribution in [0, 0.1) is 0 Å². The predicted molar refractivity (Wildman–Crippen MR) is 83.3 cm³/mol. The summed E-state index contributed by atoms with van der Waals surface area (Å²) in [5, 5.41) is 5.71. The summed E-state index contributed by atoms with van der Waals surface area (Å²) in [7, 11) is 0. The van der Waals surface area contributed by atoms with E-state index in [1.54, 1.807) is 18.2 Å². The van der Waals surface area contributed by atoms with Crippen LogP contribution in [-0.2, 0) is 22.3 Å². The fourth-order valence-electron chi connectivity index (χ4n) is 1.83. The molecular formula is C16H13F3N4O2. The van der Waals surface area contributed by atoms with E-state index in [0.29, 0.717) is 5.69 Å². The molecule has 1 aromatic heterocycles. The third-order valence-corrected chi connectivity index (χ3v) is 3.00. The summed E-state index contributed by atoms with van der Waals surface area (Å²) in [6.45, 7) is 0.0354. The fraction of sp³-hybridized carbons (Fsp3) is 0.125. The molecule has 0 radical (unpaired) electrons. The Balaban J connectivity index is 1.91. The first-order valence-electron chi connectivity index (χ1n) is 7.05. The molecule has 6 nitrogen and oxygen atoms in total. The summed E-state index contributed by atoms with van der Waals surface area (Å²) in [6, 6.07) is 9.80. The third-order valence-electron chi connectivity index (χ3n) is 3.00. The number of nitrogens with one attached hydrogen (secondary N) is 2. The Kier molecular flexibility index (Phi) is 5.83. The van der Waals surface area contributed by atoms with Crippen LogP contribution in [0.3, 0.4) is 0 Å². The quantitative estimate of drug-likeness (QED) is 0.502. The second-order valence-electron chi connectivity index (χ2n) is 4.79. The normalized spacial score (nSPS) is 11.3. The number of hydrazone groups is 1. The van der Waals surface area contributed by atoms with Gasteiger partial charge in [-0.05, 0) is 18.2 Å². The van der Waals surface area contributed by atoms with Crippen LogP contribution in [0.2, 0.25) is 0 Å². The van der Waals surface area contributed by atoms with Gasteiger partial charge in [0.05, 0.1) is 24.0 Å². The molecule has 9 heteroatoms. The molecular weight excluding hydrogens is 337 g/mol. The highest BCUT2D eigenvalue weighted by Crippen LogP contribution is 2.30. The highest BCUT2D eigenvalue weighted by molar-refractivity contribution is 6.35. The molecule has 25 heavy (non-hydrogen) atoms. The molecule has 1 heterocycles. The van der Waals surface area contributed by atoms with Crippen molar-refractivity contribution in [2.24, 2.45) is 5.10 Å². The molecule has 2 amide bonds. The van der Waals surface area contributed by atoms with Crippen LogP contribution in [0.25, 0.3) is 0 Å². The van der Waals surface area contributed by atoms with E-state index in [9.17, 15) is 22.8 Å². The van der Waals surface area contributed by atoms with Gasteiger partial charge in [0.25, 0.3) is 0 Å². The second-order valence-corrected chi connectivity index (χ2v) is 4.79. The zero-order valence-corrected chi connectivity index (χ0v) is 12.7. The van der Waals surface area contributed by atoms with Crippen molar-refractivity contribution >= 4 is 18.0 Å². The summed E-state index contributed by atoms with van der Waals surface area (Å²) in [5.74, 6) is -2.08. The number of carbonyl (C=O) groups excluding carboxylic acids is 2. The Morgan fingerprint density at radius 3 is 2.48 bits per heavy atom. The van der Waals surface area contributed by atoms with Crippen molar-refractivity contribution in [1.29, 1.82) is 0 Å². The van der Waals surface area contributed by atoms with Gasteiger partial charge in [0.2, 0.25) is 0 Å². The molecule has 0 unspecified atom stereocenters. The lowest BCUT2D eigenvalue weighted by Gasteiger charge is -2.09. The number of carbonyl (C=O) groups is 2. The number of rotatable bonds is 4. The fourth-order valence-corrected chi connectivity index (χ4v) is 1.83. The van der Waals surface area contributed by atoms with Gasteiger partial charge in [0.1, 0.15) is 0 Å². The minimum atomic E-state index is -4.55. The Hall–Kier alpha value is -3.23. The van der Waals surface area contributed by atoms with Gasteiger partial charge >= 0.3 is 18.0 Å². The molecule has 0 aliphatic heterocycles. The SMILES string of the molecule is O=C(NCc1ccccn1)C(=O)N/N=C/c1ccccc1C(F)(F)F. The number of benzene rings is 1. The lowest BCUT2D eigenvalue weighted by molar-refractivity contribution is -0.139. The molecule has 0 aliphatic rings. The first kappa shape index (κ1) is 18.1. The highest BCUT2D eigenvalue weighted by atomic mass is 19.4. The van der Waals surface area contributed by atoms with Crippen molar-refractivity contribution < 1.29 is 22.8 Å². The molecule has 0 spiro atoms. The molecule has 130 valence electrons. The summed E-state index contributed by atoms with van der Waals surface area (Å²) < 4.78 is 38.4. The van der Waals surface area contributed by atoms with Crippen molar-refractivity contribution in [3.05, 3.63) is 65.5 Å². The maximum absolute atomic E-state index is 12.8. The van der Waals surface area contributed by atoms with Crippen molar-refractivity contribution in [3.8, 4) is 0 Å². The zero-order valence-electron chi connectivity index (χ0n) is 12.7. The van der Waals surface area contributed by atoms with Crippen molar-refractivity contribution in [3.63, 3.8) is 0 Å². The number of hydrogen-bond acceptors (Lipinski definition) is 4. The highest BCUT2D eigenvalue weighted by Gasteiger charge is 2.32. The Bertz CT molecular complexity index is 776. The largest absolute Gasteiger partial charge is 0.417 e. The van der Waals surface area contributed by atoms with E-state index >= 15 is 0 Å². The molecule has 0 aliphatic carbocycles. The Morgan fingerprint density at radius 1 is 1.08 bits per heavy atom. The number of hydrogen-bond donors (Lipinski definition) is 2. The van der Waals surface area contributed by atoms with E-state index < -0.39 is 23.6 Å². The van der Waals surface area contributed by atoms with Gasteiger partial charge in [-0.2, -0.15) is 18.3 Å². The standard InChI is InChI=1S/C16H13F3N4O2/c17-16(18,19)13-7-2-1-5-11(13)9-22-23-15(25)14(24)21-10-12-6-3-4-8-20-12/h1-9H,10H2,(H,21,24)(H,23,25)/b22-9+. The smallest absolute Gasteiger partial charge is 0.342 e. The molecule has 0 fully saturated rings. The molecule has 2 rings (SSSR count). The minimum absolute atomic E-state index is 0.0354. The van der Waals surface area contributed by atoms with Crippen LogP contribution >= 0.6 is 0 Å². The van der Waals surface area contributed by atoms with Gasteiger partial charge in [-0.3, -0.25) is 14.6 Å². The number of pyridine rings is 1. The average Bonchev–Trinajstić information content (AvgIpc) is 2.60. The van der Waals surface area contributed by atoms with Crippen molar-refractivity contribution in [2.45, 2.75) is 12.7 Å². The number of halogens is 3. The van der Waals surface area contributed by atoms with Crippen LogP contribution in [0.5, 0.6) is 0 Å². The first-order chi connectivity index (χ1) is 11.9. The summed E-state index contributed by atoms with van der Waals surface area (Å²) >= 11 is 0. The van der Waals surface area contributed by atoms with Crippen LogP contribution < -0.4 is 10.7 Å². The van der Waals surface area contributed by atoms with E-state index in [0.717, 1.165) is 12.3 Å². The molecule has 0 atom stereocenters. The van der Waals surface area contributed by atoms with Gasteiger partial charge in [0.15, 0.2) is 0 Å². The average molecular weight is 350 g/mol. The van der Waals surface area contributed by atoms with E-state index in [1.165, 1.54) is 24.4 Å². The van der Waals surface area contributed by atoms with Crippen LogP contribution in [0.4, 0.5) is 13.2 Å². The topological polar surface area (TPSA) is 83.5 Å². The van der Waals surface area contributed by atoms with Gasteiger partial charge in [-0.15, -0.1) is 0 Å². The van der Waals surface area contributed by atoms with Gasteiger partial charge in [-0.25, -0.2) is 5.43 Å². The Labute approximate surface area is 140 Å². The van der Waals surface area contributed by atoms with E-state index in [2.05, 4.69) is 15.4 Å². The van der Waals surface area contributed by atoms with E-state index in [4.69, 9.17) is 0 Å². The number of amides is 2. The maximum atomic E-state index is 12.8. The lowest BCUT2D eigenvalue weighted by Crippen LogP contribution is -2.37. The number of alkyl halides is 3. The lowest BCUT2D eigenvalue weighted by atomic mass is 10.1. The monoisotopic (exact) mass is 350 g/mol. The summed E-state index contributed by atoms with van der Waals surface area (Å²) in [4.78, 5) is 27.1. The minimum Gasteiger partial charge on any atom is -0.342 e. The van der Waals surface area contributed by atoms with E-state index in [1.807, 2.05) is 5.43 Å². The van der Waals surface area contributed by atoms with Gasteiger partial charge in [-0.1, -0.05) is 24.3 Å².